The summed E-state index contributed by atoms with van der Waals surface area (Å²) in [5.41, 5.74) is 3.39. The van der Waals surface area contributed by atoms with Gasteiger partial charge < -0.3 is 10.1 Å². The van der Waals surface area contributed by atoms with Gasteiger partial charge in [-0.05, 0) is 45.2 Å². The summed E-state index contributed by atoms with van der Waals surface area (Å²) in [4.78, 5) is 12.2. The highest BCUT2D eigenvalue weighted by atomic mass is 32.2. The van der Waals surface area contributed by atoms with Crippen LogP contribution in [0.1, 0.15) is 29.5 Å². The molecule has 1 unspecified atom stereocenters. The fourth-order valence-corrected chi connectivity index (χ4v) is 4.29. The monoisotopic (exact) mass is 307 g/mol. The highest BCUT2D eigenvalue weighted by Gasteiger charge is 2.50. The highest BCUT2D eigenvalue weighted by Crippen LogP contribution is 2.42. The van der Waals surface area contributed by atoms with E-state index in [4.69, 9.17) is 4.74 Å². The van der Waals surface area contributed by atoms with Crippen LogP contribution >= 0.6 is 11.8 Å². The summed E-state index contributed by atoms with van der Waals surface area (Å²) in [7, 11) is 3.35. The molecule has 1 atom stereocenters. The Hall–Kier alpha value is -1.00. The largest absolute Gasteiger partial charge is 0.468 e. The van der Waals surface area contributed by atoms with E-state index in [9.17, 15) is 4.79 Å². The molecule has 0 aliphatic heterocycles. The van der Waals surface area contributed by atoms with Gasteiger partial charge in [0.15, 0.2) is 0 Å². The third-order valence-electron chi connectivity index (χ3n) is 4.15. The van der Waals surface area contributed by atoms with Crippen LogP contribution in [0.5, 0.6) is 0 Å². The lowest BCUT2D eigenvalue weighted by Crippen LogP contribution is -2.55. The third-order valence-corrected chi connectivity index (χ3v) is 5.35. The van der Waals surface area contributed by atoms with Crippen molar-refractivity contribution in [3.05, 3.63) is 34.9 Å². The Kier molecular flexibility index (Phi) is 5.33. The molecular formula is C17H25NO2S. The zero-order chi connectivity index (χ0) is 15.5. The molecule has 1 aromatic carbocycles. The van der Waals surface area contributed by atoms with E-state index >= 15 is 0 Å². The maximum Gasteiger partial charge on any atom is 0.327 e. The Labute approximate surface area is 131 Å². The smallest absolute Gasteiger partial charge is 0.327 e. The second-order valence-corrected chi connectivity index (χ2v) is 6.96. The minimum absolute atomic E-state index is 0.125. The van der Waals surface area contributed by atoms with E-state index in [1.165, 1.54) is 23.8 Å². The number of benzene rings is 1. The molecule has 0 bridgehead atoms. The first-order valence-corrected chi connectivity index (χ1v) is 8.59. The number of carbonyl (C=O) groups is 1. The number of nitrogens with one attached hydrogen (secondary N) is 1. The van der Waals surface area contributed by atoms with Crippen LogP contribution in [0.15, 0.2) is 18.2 Å². The summed E-state index contributed by atoms with van der Waals surface area (Å²) in [6.07, 6.45) is 2.22. The fraction of sp³-hybridized carbons (Fsp3) is 0.588. The standard InChI is InChI=1S/C17H25NO2S/c1-12-7-13(2)9-14(8-12)10-21-11-17(18-3,15-5-6-15)16(19)20-4/h7-9,15,18H,5-6,10-11H2,1-4H3. The summed E-state index contributed by atoms with van der Waals surface area (Å²) in [6, 6.07) is 6.62. The zero-order valence-corrected chi connectivity index (χ0v) is 14.2. The lowest BCUT2D eigenvalue weighted by molar-refractivity contribution is -0.148. The maximum absolute atomic E-state index is 12.2. The van der Waals surface area contributed by atoms with E-state index < -0.39 is 5.54 Å². The summed E-state index contributed by atoms with van der Waals surface area (Å²) in [5, 5.41) is 3.24. The van der Waals surface area contributed by atoms with Gasteiger partial charge in [-0.25, -0.2) is 0 Å². The van der Waals surface area contributed by atoms with Gasteiger partial charge >= 0.3 is 5.97 Å². The first kappa shape index (κ1) is 16.4. The van der Waals surface area contributed by atoms with Crippen molar-refractivity contribution >= 4 is 17.7 Å². The second kappa shape index (κ2) is 6.84. The van der Waals surface area contributed by atoms with Gasteiger partial charge in [-0.2, -0.15) is 11.8 Å². The fourth-order valence-electron chi connectivity index (χ4n) is 2.96. The molecule has 2 rings (SSSR count). The summed E-state index contributed by atoms with van der Waals surface area (Å²) < 4.78 is 5.03. The molecule has 3 nitrogen and oxygen atoms in total. The van der Waals surface area contributed by atoms with Crippen LogP contribution in [-0.2, 0) is 15.3 Å². The quantitative estimate of drug-likeness (QED) is 0.786. The van der Waals surface area contributed by atoms with Crippen LogP contribution in [0.25, 0.3) is 0 Å². The van der Waals surface area contributed by atoms with Gasteiger partial charge in [0.25, 0.3) is 0 Å². The molecule has 1 N–H and O–H groups in total. The molecule has 0 amide bonds. The number of thioether (sulfide) groups is 1. The number of aryl methyl sites for hydroxylation is 2. The first-order valence-electron chi connectivity index (χ1n) is 7.44. The third kappa shape index (κ3) is 3.80. The minimum Gasteiger partial charge on any atom is -0.468 e. The molecule has 1 fully saturated rings. The van der Waals surface area contributed by atoms with Crippen LogP contribution in [0.3, 0.4) is 0 Å². The van der Waals surface area contributed by atoms with Crippen LogP contribution in [-0.4, -0.2) is 31.4 Å². The first-order chi connectivity index (χ1) is 10.0. The van der Waals surface area contributed by atoms with E-state index in [2.05, 4.69) is 37.4 Å². The number of likely N-dealkylation sites (N-methyl/N-ethyl adjacent to an activating group) is 1. The van der Waals surface area contributed by atoms with E-state index in [0.29, 0.717) is 5.92 Å². The van der Waals surface area contributed by atoms with Gasteiger partial charge in [0, 0.05) is 11.5 Å². The van der Waals surface area contributed by atoms with Crippen LogP contribution < -0.4 is 5.32 Å². The summed E-state index contributed by atoms with van der Waals surface area (Å²) in [5.74, 6) is 1.98. The normalized spacial score (nSPS) is 17.3. The van der Waals surface area contributed by atoms with Crippen molar-refractivity contribution < 1.29 is 9.53 Å². The molecule has 1 aliphatic carbocycles. The molecule has 1 aromatic rings. The number of esters is 1. The summed E-state index contributed by atoms with van der Waals surface area (Å²) >= 11 is 1.80. The predicted octanol–water partition coefficient (Wildman–Crippen LogP) is 3.08. The van der Waals surface area contributed by atoms with Gasteiger partial charge in [0.2, 0.25) is 0 Å². The number of hydrogen-bond donors (Lipinski definition) is 1. The Balaban J connectivity index is 2.00. The van der Waals surface area contributed by atoms with Gasteiger partial charge in [0.1, 0.15) is 5.54 Å². The molecule has 1 saturated carbocycles. The number of methoxy groups -OCH3 is 1. The molecule has 0 spiro atoms. The molecular weight excluding hydrogens is 282 g/mol. The number of carbonyl (C=O) groups excluding carboxylic acids is 1. The average molecular weight is 307 g/mol. The van der Waals surface area contributed by atoms with Gasteiger partial charge in [-0.1, -0.05) is 29.3 Å². The zero-order valence-electron chi connectivity index (χ0n) is 13.4. The lowest BCUT2D eigenvalue weighted by Gasteiger charge is -2.30. The average Bonchev–Trinajstić information content (AvgIpc) is 3.27. The van der Waals surface area contributed by atoms with Crippen LogP contribution in [0.4, 0.5) is 0 Å². The van der Waals surface area contributed by atoms with Crippen molar-refractivity contribution in [1.82, 2.24) is 5.32 Å². The number of hydrogen-bond acceptors (Lipinski definition) is 4. The predicted molar refractivity (Wildman–Crippen MR) is 88.6 cm³/mol. The van der Waals surface area contributed by atoms with Crippen molar-refractivity contribution in [2.24, 2.45) is 5.92 Å². The molecule has 0 heterocycles. The van der Waals surface area contributed by atoms with Crippen LogP contribution in [0, 0.1) is 19.8 Å². The molecule has 0 saturated heterocycles. The number of ether oxygens (including phenoxy) is 1. The maximum atomic E-state index is 12.2. The van der Waals surface area contributed by atoms with Crippen molar-refractivity contribution in [2.75, 3.05) is 19.9 Å². The van der Waals surface area contributed by atoms with E-state index in [0.717, 1.165) is 24.3 Å². The highest BCUT2D eigenvalue weighted by molar-refractivity contribution is 7.98. The Bertz CT molecular complexity index is 493. The molecule has 1 aliphatic rings. The Morgan fingerprint density at radius 3 is 2.43 bits per heavy atom. The van der Waals surface area contributed by atoms with Crippen molar-refractivity contribution in [1.29, 1.82) is 0 Å². The van der Waals surface area contributed by atoms with Gasteiger partial charge in [0.05, 0.1) is 7.11 Å². The minimum atomic E-state index is -0.516. The molecule has 0 aromatic heterocycles. The number of rotatable bonds is 7. The Morgan fingerprint density at radius 1 is 1.33 bits per heavy atom. The molecule has 4 heteroatoms. The van der Waals surface area contributed by atoms with Gasteiger partial charge in [-0.15, -0.1) is 0 Å². The molecule has 0 radical (unpaired) electrons. The van der Waals surface area contributed by atoms with E-state index in [-0.39, 0.29) is 5.97 Å². The molecule has 116 valence electrons. The summed E-state index contributed by atoms with van der Waals surface area (Å²) in [6.45, 7) is 4.25. The van der Waals surface area contributed by atoms with Crippen molar-refractivity contribution in [3.63, 3.8) is 0 Å². The SMILES string of the molecule is CNC(CSCc1cc(C)cc(C)c1)(C(=O)OC)C1CC1. The van der Waals surface area contributed by atoms with Gasteiger partial charge in [-0.3, -0.25) is 4.79 Å². The lowest BCUT2D eigenvalue weighted by atomic mass is 9.96. The van der Waals surface area contributed by atoms with Crippen molar-refractivity contribution in [2.45, 2.75) is 38.0 Å². The Morgan fingerprint density at radius 2 is 1.95 bits per heavy atom. The topological polar surface area (TPSA) is 38.3 Å². The molecule has 21 heavy (non-hydrogen) atoms. The van der Waals surface area contributed by atoms with Crippen LogP contribution in [0.2, 0.25) is 0 Å². The van der Waals surface area contributed by atoms with E-state index in [1.807, 2.05) is 7.05 Å². The van der Waals surface area contributed by atoms with Crippen molar-refractivity contribution in [3.8, 4) is 0 Å². The van der Waals surface area contributed by atoms with E-state index in [1.54, 1.807) is 11.8 Å². The second-order valence-electron chi connectivity index (χ2n) is 5.98.